The van der Waals surface area contributed by atoms with Crippen molar-refractivity contribution in [3.63, 3.8) is 0 Å². The molecule has 1 aromatic heterocycles. The van der Waals surface area contributed by atoms with Crippen LogP contribution < -0.4 is 0 Å². The van der Waals surface area contributed by atoms with Crippen molar-refractivity contribution in [2.75, 3.05) is 6.61 Å². The predicted molar refractivity (Wildman–Crippen MR) is 111 cm³/mol. The third-order valence-electron chi connectivity index (χ3n) is 4.13. The number of thiophene rings is 1. The average molecular weight is 471 g/mol. The zero-order chi connectivity index (χ0) is 22.1. The Morgan fingerprint density at radius 3 is 2.50 bits per heavy atom. The van der Waals surface area contributed by atoms with Crippen molar-refractivity contribution >= 4 is 38.7 Å². The quantitative estimate of drug-likeness (QED) is 0.503. The molecule has 2 N–H and O–H groups in total. The molecule has 3 aromatic rings. The Morgan fingerprint density at radius 1 is 1.10 bits per heavy atom. The summed E-state index contributed by atoms with van der Waals surface area (Å²) in [6.45, 7) is 1.76. The molecule has 0 saturated carbocycles. The van der Waals surface area contributed by atoms with E-state index in [2.05, 4.69) is 0 Å². The number of aromatic hydroxyl groups is 2. The van der Waals surface area contributed by atoms with Crippen LogP contribution in [0.5, 0.6) is 11.5 Å². The number of rotatable bonds is 6. The number of halogens is 2. The first-order chi connectivity index (χ1) is 14.1. The van der Waals surface area contributed by atoms with Gasteiger partial charge in [0.05, 0.1) is 12.4 Å². The van der Waals surface area contributed by atoms with Crippen LogP contribution in [-0.2, 0) is 20.3 Å². The van der Waals surface area contributed by atoms with Gasteiger partial charge in [-0.25, -0.2) is 17.6 Å². The van der Waals surface area contributed by atoms with E-state index in [1.54, 1.807) is 6.92 Å². The number of ether oxygens (including phenoxy) is 1. The Morgan fingerprint density at radius 2 is 1.83 bits per heavy atom. The highest BCUT2D eigenvalue weighted by Crippen LogP contribution is 2.42. The van der Waals surface area contributed by atoms with Crippen molar-refractivity contribution in [1.82, 2.24) is 0 Å². The minimum atomic E-state index is -3.87. The maximum atomic E-state index is 13.5. The second-order valence-electron chi connectivity index (χ2n) is 6.25. The molecule has 2 aromatic carbocycles. The van der Waals surface area contributed by atoms with Gasteiger partial charge in [0.1, 0.15) is 31.4 Å². The van der Waals surface area contributed by atoms with Crippen LogP contribution in [0, 0.1) is 5.82 Å². The number of benzene rings is 2. The van der Waals surface area contributed by atoms with E-state index >= 15 is 0 Å². The maximum absolute atomic E-state index is 13.5. The van der Waals surface area contributed by atoms with Gasteiger partial charge in [0, 0.05) is 11.1 Å². The summed E-state index contributed by atoms with van der Waals surface area (Å²) in [6, 6.07) is 8.42. The molecule has 6 nitrogen and oxygen atoms in total. The lowest BCUT2D eigenvalue weighted by atomic mass is 10.1. The number of carbonyl (C=O) groups is 1. The number of phenolic OH excluding ortho intramolecular Hbond substituents is 2. The van der Waals surface area contributed by atoms with Crippen LogP contribution >= 0.6 is 22.9 Å². The number of esters is 1. The first-order valence-electron chi connectivity index (χ1n) is 8.62. The third kappa shape index (κ3) is 4.58. The lowest BCUT2D eigenvalue weighted by Gasteiger charge is -2.07. The van der Waals surface area contributed by atoms with Gasteiger partial charge in [-0.05, 0) is 48.9 Å². The normalized spacial score (nSPS) is 11.4. The molecule has 0 unspecified atom stereocenters. The lowest BCUT2D eigenvalue weighted by molar-refractivity contribution is 0.0523. The number of sulfone groups is 1. The van der Waals surface area contributed by atoms with E-state index in [0.29, 0.717) is 0 Å². The van der Waals surface area contributed by atoms with E-state index in [1.807, 2.05) is 0 Å². The summed E-state index contributed by atoms with van der Waals surface area (Å²) in [4.78, 5) is 11.7. The molecule has 0 aliphatic rings. The minimum Gasteiger partial charge on any atom is -0.507 e. The number of hydrogen-bond donors (Lipinski definition) is 2. The molecule has 0 amide bonds. The summed E-state index contributed by atoms with van der Waals surface area (Å²) < 4.78 is 44.0. The van der Waals surface area contributed by atoms with Gasteiger partial charge in [0.2, 0.25) is 0 Å². The Labute approximate surface area is 181 Å². The van der Waals surface area contributed by atoms with Gasteiger partial charge < -0.3 is 14.9 Å². The molecule has 10 heteroatoms. The highest BCUT2D eigenvalue weighted by Gasteiger charge is 2.23. The monoisotopic (exact) mass is 470 g/mol. The molecule has 158 valence electrons. The van der Waals surface area contributed by atoms with E-state index < -0.39 is 33.1 Å². The van der Waals surface area contributed by atoms with Gasteiger partial charge in [0.15, 0.2) is 9.84 Å². The fourth-order valence-corrected chi connectivity index (χ4v) is 5.92. The lowest BCUT2D eigenvalue weighted by Crippen LogP contribution is -2.07. The highest BCUT2D eigenvalue weighted by atomic mass is 35.5. The van der Waals surface area contributed by atoms with E-state index in [1.165, 1.54) is 24.3 Å². The van der Waals surface area contributed by atoms with Crippen molar-refractivity contribution in [2.24, 2.45) is 0 Å². The Bertz CT molecular complexity index is 1220. The summed E-state index contributed by atoms with van der Waals surface area (Å²) in [5.41, 5.74) is 0.452. The van der Waals surface area contributed by atoms with Crippen LogP contribution in [0.3, 0.4) is 0 Å². The second-order valence-corrected chi connectivity index (χ2v) is 10.1. The van der Waals surface area contributed by atoms with Crippen molar-refractivity contribution < 1.29 is 32.6 Å². The van der Waals surface area contributed by atoms with Crippen molar-refractivity contribution in [3.05, 3.63) is 63.7 Å². The summed E-state index contributed by atoms with van der Waals surface area (Å²) in [6.07, 6.45) is 0. The molecular weight excluding hydrogens is 455 g/mol. The summed E-state index contributed by atoms with van der Waals surface area (Å²) in [7, 11) is -3.87. The topological polar surface area (TPSA) is 101 Å². The van der Waals surface area contributed by atoms with Gasteiger partial charge in [-0.2, -0.15) is 0 Å². The highest BCUT2D eigenvalue weighted by molar-refractivity contribution is 7.92. The zero-order valence-corrected chi connectivity index (χ0v) is 17.9. The molecule has 0 radical (unpaired) electrons. The Kier molecular flexibility index (Phi) is 6.35. The molecule has 0 bridgehead atoms. The van der Waals surface area contributed by atoms with E-state index in [9.17, 15) is 27.8 Å². The molecule has 0 atom stereocenters. The fourth-order valence-electron chi connectivity index (χ4n) is 2.75. The average Bonchev–Trinajstić information content (AvgIpc) is 3.06. The molecule has 0 aliphatic carbocycles. The SMILES string of the molecule is CCOC(=O)c1ccc(CS(=O)(=O)c2cc(-c3cc(F)ccc3O)c(Cl)s2)cc1O. The first-order valence-corrected chi connectivity index (χ1v) is 11.5. The first kappa shape index (κ1) is 22.1. The van der Waals surface area contributed by atoms with Gasteiger partial charge >= 0.3 is 5.97 Å². The van der Waals surface area contributed by atoms with Crippen molar-refractivity contribution in [2.45, 2.75) is 16.9 Å². The largest absolute Gasteiger partial charge is 0.507 e. The van der Waals surface area contributed by atoms with Gasteiger partial charge in [0.25, 0.3) is 0 Å². The molecule has 0 fully saturated rings. The summed E-state index contributed by atoms with van der Waals surface area (Å²) >= 11 is 6.93. The molecule has 30 heavy (non-hydrogen) atoms. The summed E-state index contributed by atoms with van der Waals surface area (Å²) in [5.74, 6) is -2.41. The number of carbonyl (C=O) groups excluding carboxylic acids is 1. The second kappa shape index (κ2) is 8.63. The Balaban J connectivity index is 1.91. The zero-order valence-electron chi connectivity index (χ0n) is 15.6. The van der Waals surface area contributed by atoms with Crippen LogP contribution in [-0.4, -0.2) is 31.2 Å². The molecular formula is C20H16ClFO6S2. The smallest absolute Gasteiger partial charge is 0.341 e. The van der Waals surface area contributed by atoms with Gasteiger partial charge in [-0.1, -0.05) is 17.7 Å². The van der Waals surface area contributed by atoms with E-state index in [0.717, 1.165) is 29.5 Å². The van der Waals surface area contributed by atoms with Crippen LogP contribution in [0.4, 0.5) is 4.39 Å². The molecule has 3 rings (SSSR count). The van der Waals surface area contributed by atoms with Crippen molar-refractivity contribution in [3.8, 4) is 22.6 Å². The molecule has 0 spiro atoms. The molecule has 1 heterocycles. The molecule has 0 aliphatic heterocycles. The maximum Gasteiger partial charge on any atom is 0.341 e. The van der Waals surface area contributed by atoms with Crippen LogP contribution in [0.2, 0.25) is 4.34 Å². The standard InChI is InChI=1S/C20H16ClFO6S2/c1-2-28-20(25)13-5-3-11(7-17(13)24)10-30(26,27)18-9-15(19(21)29-18)14-8-12(22)4-6-16(14)23/h3-9,23-24H,2,10H2,1H3. The molecule has 0 saturated heterocycles. The van der Waals surface area contributed by atoms with E-state index in [4.69, 9.17) is 16.3 Å². The van der Waals surface area contributed by atoms with Gasteiger partial charge in [-0.15, -0.1) is 11.3 Å². The summed E-state index contributed by atoms with van der Waals surface area (Å²) in [5, 5.41) is 20.0. The minimum absolute atomic E-state index is 0.0685. The fraction of sp³-hybridized carbons (Fsp3) is 0.150. The van der Waals surface area contributed by atoms with Gasteiger partial charge in [-0.3, -0.25) is 0 Å². The van der Waals surface area contributed by atoms with E-state index in [-0.39, 0.29) is 43.2 Å². The number of hydrogen-bond acceptors (Lipinski definition) is 7. The van der Waals surface area contributed by atoms with Crippen LogP contribution in [0.1, 0.15) is 22.8 Å². The van der Waals surface area contributed by atoms with Crippen LogP contribution in [0.15, 0.2) is 46.7 Å². The third-order valence-corrected chi connectivity index (χ3v) is 7.74. The van der Waals surface area contributed by atoms with Crippen LogP contribution in [0.25, 0.3) is 11.1 Å². The predicted octanol–water partition coefficient (Wildman–Crippen LogP) is 4.77. The Hall–Kier alpha value is -2.62. The number of phenols is 2. The van der Waals surface area contributed by atoms with Crippen molar-refractivity contribution in [1.29, 1.82) is 0 Å².